The first kappa shape index (κ1) is 9.32. The number of carbonyl (C=O) groups is 1. The average molecular weight is 184 g/mol. The summed E-state index contributed by atoms with van der Waals surface area (Å²) in [5.74, 6) is 0.624. The molecule has 0 aliphatic rings. The van der Waals surface area contributed by atoms with Crippen molar-refractivity contribution >= 4 is 17.3 Å². The summed E-state index contributed by atoms with van der Waals surface area (Å²) in [6.07, 6.45) is 3.19. The van der Waals surface area contributed by atoms with Crippen molar-refractivity contribution in [2.45, 2.75) is 26.7 Å². The number of ketones is 1. The first-order chi connectivity index (χ1) is 5.74. The van der Waals surface area contributed by atoms with Crippen LogP contribution in [0.4, 0.5) is 0 Å². The molecule has 0 N–H and O–H groups in total. The van der Waals surface area contributed by atoms with Crippen molar-refractivity contribution < 1.29 is 4.79 Å². The second-order valence-electron chi connectivity index (χ2n) is 2.92. The van der Waals surface area contributed by atoms with E-state index in [-0.39, 0.29) is 5.78 Å². The molecular formula is C8H12N2OS. The molecule has 0 aliphatic heterocycles. The molecule has 0 saturated heterocycles. The Morgan fingerprint density at radius 3 is 3.00 bits per heavy atom. The summed E-state index contributed by atoms with van der Waals surface area (Å²) in [5, 5.41) is 3.62. The van der Waals surface area contributed by atoms with E-state index in [4.69, 9.17) is 0 Å². The standard InChI is InChI=1S/C8H12N2OS/c1-3-6(2)4-7(11)8-5-9-10-12-8/h5-6H,3-4H2,1-2H3. The Kier molecular flexibility index (Phi) is 3.34. The number of Topliss-reactive ketones (excluding diaryl/α,β-unsaturated/α-hetero) is 1. The van der Waals surface area contributed by atoms with E-state index in [2.05, 4.69) is 23.4 Å². The fraction of sp³-hybridized carbons (Fsp3) is 0.625. The van der Waals surface area contributed by atoms with Crippen LogP contribution >= 0.6 is 11.5 Å². The van der Waals surface area contributed by atoms with Gasteiger partial charge >= 0.3 is 0 Å². The van der Waals surface area contributed by atoms with Crippen LogP contribution in [0.5, 0.6) is 0 Å². The van der Waals surface area contributed by atoms with Crippen molar-refractivity contribution in [1.82, 2.24) is 9.59 Å². The molecule has 1 heterocycles. The summed E-state index contributed by atoms with van der Waals surface area (Å²) >= 11 is 1.17. The predicted molar refractivity (Wildman–Crippen MR) is 48.3 cm³/mol. The lowest BCUT2D eigenvalue weighted by molar-refractivity contribution is 0.0967. The molecule has 0 aliphatic carbocycles. The minimum atomic E-state index is 0.166. The van der Waals surface area contributed by atoms with Crippen molar-refractivity contribution in [3.63, 3.8) is 0 Å². The summed E-state index contributed by atoms with van der Waals surface area (Å²) in [5.41, 5.74) is 0. The molecule has 66 valence electrons. The fourth-order valence-electron chi connectivity index (χ4n) is 0.851. The van der Waals surface area contributed by atoms with Crippen LogP contribution in [0.2, 0.25) is 0 Å². The number of rotatable bonds is 4. The van der Waals surface area contributed by atoms with Gasteiger partial charge in [0.1, 0.15) is 4.88 Å². The molecule has 3 nitrogen and oxygen atoms in total. The lowest BCUT2D eigenvalue weighted by Gasteiger charge is -2.03. The van der Waals surface area contributed by atoms with E-state index in [0.29, 0.717) is 17.2 Å². The molecule has 0 amide bonds. The van der Waals surface area contributed by atoms with E-state index in [1.165, 1.54) is 17.7 Å². The van der Waals surface area contributed by atoms with Crippen LogP contribution in [0, 0.1) is 5.92 Å². The van der Waals surface area contributed by atoms with Crippen LogP contribution in [0.25, 0.3) is 0 Å². The highest BCUT2D eigenvalue weighted by Gasteiger charge is 2.11. The van der Waals surface area contributed by atoms with Crippen molar-refractivity contribution in [1.29, 1.82) is 0 Å². The summed E-state index contributed by atoms with van der Waals surface area (Å²) in [6, 6.07) is 0. The lowest BCUT2D eigenvalue weighted by Crippen LogP contribution is -2.03. The third-order valence-corrected chi connectivity index (χ3v) is 2.57. The molecule has 0 fully saturated rings. The Labute approximate surface area is 76.0 Å². The molecule has 1 aromatic heterocycles. The smallest absolute Gasteiger partial charge is 0.176 e. The molecule has 0 aromatic carbocycles. The van der Waals surface area contributed by atoms with Crippen LogP contribution in [0.3, 0.4) is 0 Å². The lowest BCUT2D eigenvalue weighted by atomic mass is 10.0. The fourth-order valence-corrected chi connectivity index (χ4v) is 1.31. The number of hydrogen-bond donors (Lipinski definition) is 0. The van der Waals surface area contributed by atoms with Gasteiger partial charge in [0.15, 0.2) is 5.78 Å². The van der Waals surface area contributed by atoms with Crippen LogP contribution in [0.15, 0.2) is 6.20 Å². The summed E-state index contributed by atoms with van der Waals surface area (Å²) in [4.78, 5) is 12.1. The molecule has 12 heavy (non-hydrogen) atoms. The molecule has 1 rings (SSSR count). The normalized spacial score (nSPS) is 12.8. The maximum atomic E-state index is 11.4. The molecule has 4 heteroatoms. The van der Waals surface area contributed by atoms with E-state index in [1.807, 2.05) is 0 Å². The van der Waals surface area contributed by atoms with Crippen LogP contribution in [0.1, 0.15) is 36.4 Å². The molecule has 1 atom stereocenters. The Balaban J connectivity index is 2.50. The van der Waals surface area contributed by atoms with Crippen molar-refractivity contribution in [3.8, 4) is 0 Å². The van der Waals surface area contributed by atoms with E-state index >= 15 is 0 Å². The second kappa shape index (κ2) is 4.30. The number of aromatic nitrogens is 2. The molecule has 0 radical (unpaired) electrons. The highest BCUT2D eigenvalue weighted by molar-refractivity contribution is 7.07. The molecule has 0 spiro atoms. The van der Waals surface area contributed by atoms with E-state index in [9.17, 15) is 4.79 Å². The molecule has 1 unspecified atom stereocenters. The molecular weight excluding hydrogens is 172 g/mol. The number of carbonyl (C=O) groups excluding carboxylic acids is 1. The highest BCUT2D eigenvalue weighted by atomic mass is 32.1. The van der Waals surface area contributed by atoms with Crippen LogP contribution in [-0.4, -0.2) is 15.4 Å². The molecule has 0 bridgehead atoms. The van der Waals surface area contributed by atoms with Gasteiger partial charge < -0.3 is 0 Å². The van der Waals surface area contributed by atoms with Crippen molar-refractivity contribution in [2.75, 3.05) is 0 Å². The van der Waals surface area contributed by atoms with Crippen LogP contribution in [-0.2, 0) is 0 Å². The number of nitrogens with zero attached hydrogens (tertiary/aromatic N) is 2. The van der Waals surface area contributed by atoms with E-state index in [1.54, 1.807) is 0 Å². The predicted octanol–water partition coefficient (Wildman–Crippen LogP) is 2.16. The second-order valence-corrected chi connectivity index (χ2v) is 3.71. The van der Waals surface area contributed by atoms with Crippen molar-refractivity contribution in [2.24, 2.45) is 5.92 Å². The summed E-state index contributed by atoms with van der Waals surface area (Å²) in [6.45, 7) is 4.16. The third kappa shape index (κ3) is 2.37. The maximum Gasteiger partial charge on any atom is 0.176 e. The van der Waals surface area contributed by atoms with Gasteiger partial charge in [-0.3, -0.25) is 4.79 Å². The van der Waals surface area contributed by atoms with Gasteiger partial charge in [0.05, 0.1) is 6.20 Å². The Morgan fingerprint density at radius 1 is 1.75 bits per heavy atom. The van der Waals surface area contributed by atoms with Gasteiger partial charge in [-0.25, -0.2) is 0 Å². The molecule has 1 aromatic rings. The largest absolute Gasteiger partial charge is 0.293 e. The zero-order valence-corrected chi connectivity index (χ0v) is 8.10. The van der Waals surface area contributed by atoms with Crippen molar-refractivity contribution in [3.05, 3.63) is 11.1 Å². The first-order valence-electron chi connectivity index (χ1n) is 4.04. The summed E-state index contributed by atoms with van der Waals surface area (Å²) in [7, 11) is 0. The Morgan fingerprint density at radius 2 is 2.50 bits per heavy atom. The maximum absolute atomic E-state index is 11.4. The van der Waals surface area contributed by atoms with Crippen LogP contribution < -0.4 is 0 Å². The highest BCUT2D eigenvalue weighted by Crippen LogP contribution is 2.13. The average Bonchev–Trinajstić information content (AvgIpc) is 2.56. The SMILES string of the molecule is CCC(C)CC(=O)c1cnns1. The van der Waals surface area contributed by atoms with E-state index < -0.39 is 0 Å². The van der Waals surface area contributed by atoms with E-state index in [0.717, 1.165) is 6.42 Å². The summed E-state index contributed by atoms with van der Waals surface area (Å²) < 4.78 is 3.65. The van der Waals surface area contributed by atoms with Gasteiger partial charge in [0, 0.05) is 6.42 Å². The van der Waals surface area contributed by atoms with Gasteiger partial charge in [-0.15, -0.1) is 5.10 Å². The quantitative estimate of drug-likeness (QED) is 0.673. The third-order valence-electron chi connectivity index (χ3n) is 1.87. The Bertz CT molecular complexity index is 246. The van der Waals surface area contributed by atoms with Gasteiger partial charge in [-0.2, -0.15) is 0 Å². The topological polar surface area (TPSA) is 42.9 Å². The zero-order chi connectivity index (χ0) is 8.97. The Hall–Kier alpha value is -0.770. The monoisotopic (exact) mass is 184 g/mol. The molecule has 0 saturated carbocycles. The minimum absolute atomic E-state index is 0.166. The zero-order valence-electron chi connectivity index (χ0n) is 7.28. The minimum Gasteiger partial charge on any atom is -0.293 e. The van der Waals surface area contributed by atoms with Gasteiger partial charge in [-0.05, 0) is 17.5 Å². The van der Waals surface area contributed by atoms with Gasteiger partial charge in [0.2, 0.25) is 0 Å². The first-order valence-corrected chi connectivity index (χ1v) is 4.82. The number of hydrogen-bond acceptors (Lipinski definition) is 4. The van der Waals surface area contributed by atoms with Gasteiger partial charge in [-0.1, -0.05) is 24.8 Å². The van der Waals surface area contributed by atoms with Gasteiger partial charge in [0.25, 0.3) is 0 Å².